The van der Waals surface area contributed by atoms with E-state index in [-0.39, 0.29) is 12.8 Å². The number of carbonyl (C=O) groups excluding carboxylic acids is 1. The Morgan fingerprint density at radius 2 is 2.16 bits per heavy atom. The van der Waals surface area contributed by atoms with Crippen LogP contribution in [0.3, 0.4) is 0 Å². The van der Waals surface area contributed by atoms with Gasteiger partial charge in [0.05, 0.1) is 0 Å². The second-order valence-electron chi connectivity index (χ2n) is 5.01. The maximum absolute atomic E-state index is 11.9. The van der Waals surface area contributed by atoms with Crippen molar-refractivity contribution in [3.05, 3.63) is 23.8 Å². The zero-order chi connectivity index (χ0) is 14.0. The van der Waals surface area contributed by atoms with Crippen LogP contribution in [0.2, 0.25) is 0 Å². The molecule has 0 aliphatic carbocycles. The van der Waals surface area contributed by atoms with Crippen molar-refractivity contribution in [2.45, 2.75) is 38.8 Å². The molecule has 1 aromatic carbocycles. The minimum Gasteiger partial charge on any atom is -0.454 e. The zero-order valence-corrected chi connectivity index (χ0v) is 11.5. The highest BCUT2D eigenvalue weighted by molar-refractivity contribution is 5.86. The van der Waals surface area contributed by atoms with E-state index in [2.05, 4.69) is 12.2 Å². The maximum Gasteiger partial charge on any atom is 0.242 e. The fourth-order valence-electron chi connectivity index (χ4n) is 2.10. The van der Waals surface area contributed by atoms with Crippen molar-refractivity contribution in [3.63, 3.8) is 0 Å². The topological polar surface area (TPSA) is 73.6 Å². The summed E-state index contributed by atoms with van der Waals surface area (Å²) < 4.78 is 10.6. The third kappa shape index (κ3) is 2.51. The van der Waals surface area contributed by atoms with E-state index in [1.807, 2.05) is 19.1 Å². The molecule has 2 atom stereocenters. The highest BCUT2D eigenvalue weighted by atomic mass is 16.7. The fraction of sp³-hybridized carbons (Fsp3) is 0.500. The molecule has 19 heavy (non-hydrogen) atoms. The van der Waals surface area contributed by atoms with E-state index in [0.717, 1.165) is 12.0 Å². The van der Waals surface area contributed by atoms with Crippen molar-refractivity contribution in [2.24, 2.45) is 5.73 Å². The lowest BCUT2D eigenvalue weighted by Crippen LogP contribution is -2.53. The number of benzene rings is 1. The number of hydrogen-bond donors (Lipinski definition) is 2. The molecule has 0 aromatic heterocycles. The van der Waals surface area contributed by atoms with Gasteiger partial charge in [0.2, 0.25) is 12.7 Å². The number of amides is 1. The minimum atomic E-state index is -0.920. The smallest absolute Gasteiger partial charge is 0.242 e. The normalized spacial score (nSPS) is 17.8. The largest absolute Gasteiger partial charge is 0.454 e. The SMILES string of the molecule is CCC(C)NC(C)(C(N)=O)c1ccc2c(c1)OCO2. The van der Waals surface area contributed by atoms with Gasteiger partial charge in [-0.1, -0.05) is 13.0 Å². The number of primary amides is 1. The molecule has 1 aliphatic heterocycles. The van der Waals surface area contributed by atoms with Crippen LogP contribution in [0, 0.1) is 0 Å². The monoisotopic (exact) mass is 264 g/mol. The Bertz CT molecular complexity index is 490. The quantitative estimate of drug-likeness (QED) is 0.845. The van der Waals surface area contributed by atoms with Crippen LogP contribution in [0.1, 0.15) is 32.8 Å². The number of ether oxygens (including phenoxy) is 2. The molecule has 0 radical (unpaired) electrons. The molecule has 0 fully saturated rings. The van der Waals surface area contributed by atoms with E-state index in [0.29, 0.717) is 11.5 Å². The number of carbonyl (C=O) groups is 1. The van der Waals surface area contributed by atoms with Crippen LogP contribution in [0.5, 0.6) is 11.5 Å². The second kappa shape index (κ2) is 5.09. The Morgan fingerprint density at radius 1 is 1.47 bits per heavy atom. The lowest BCUT2D eigenvalue weighted by molar-refractivity contribution is -0.124. The lowest BCUT2D eigenvalue weighted by atomic mass is 9.89. The maximum atomic E-state index is 11.9. The van der Waals surface area contributed by atoms with Crippen LogP contribution in [-0.4, -0.2) is 18.7 Å². The van der Waals surface area contributed by atoms with Crippen LogP contribution in [-0.2, 0) is 10.3 Å². The lowest BCUT2D eigenvalue weighted by Gasteiger charge is -2.31. The summed E-state index contributed by atoms with van der Waals surface area (Å²) in [4.78, 5) is 11.9. The molecule has 0 spiro atoms. The summed E-state index contributed by atoms with van der Waals surface area (Å²) in [6, 6.07) is 5.63. The van der Waals surface area contributed by atoms with Crippen LogP contribution in [0.25, 0.3) is 0 Å². The van der Waals surface area contributed by atoms with E-state index in [1.54, 1.807) is 13.0 Å². The molecular formula is C14H20N2O3. The molecule has 1 aliphatic rings. The molecule has 1 heterocycles. The molecule has 0 saturated carbocycles. The highest BCUT2D eigenvalue weighted by Crippen LogP contribution is 2.35. The number of rotatable bonds is 5. The van der Waals surface area contributed by atoms with E-state index in [4.69, 9.17) is 15.2 Å². The zero-order valence-electron chi connectivity index (χ0n) is 11.5. The second-order valence-corrected chi connectivity index (χ2v) is 5.01. The van der Waals surface area contributed by atoms with Crippen molar-refractivity contribution < 1.29 is 14.3 Å². The summed E-state index contributed by atoms with van der Waals surface area (Å²) in [5, 5.41) is 3.28. The van der Waals surface area contributed by atoms with E-state index < -0.39 is 11.4 Å². The first-order chi connectivity index (χ1) is 8.97. The van der Waals surface area contributed by atoms with Crippen molar-refractivity contribution in [1.82, 2.24) is 5.32 Å². The van der Waals surface area contributed by atoms with Gasteiger partial charge in [-0.2, -0.15) is 0 Å². The predicted molar refractivity (Wildman–Crippen MR) is 72.0 cm³/mol. The molecule has 104 valence electrons. The van der Waals surface area contributed by atoms with Gasteiger partial charge in [0, 0.05) is 6.04 Å². The van der Waals surface area contributed by atoms with E-state index in [1.165, 1.54) is 0 Å². The summed E-state index contributed by atoms with van der Waals surface area (Å²) in [5.41, 5.74) is 5.44. The van der Waals surface area contributed by atoms with E-state index in [9.17, 15) is 4.79 Å². The molecular weight excluding hydrogens is 244 g/mol. The highest BCUT2D eigenvalue weighted by Gasteiger charge is 2.35. The van der Waals surface area contributed by atoms with Crippen molar-refractivity contribution in [1.29, 1.82) is 0 Å². The molecule has 2 rings (SSSR count). The standard InChI is InChI=1S/C14H20N2O3/c1-4-9(2)16-14(3,13(15)17)10-5-6-11-12(7-10)19-8-18-11/h5-7,9,16H,4,8H2,1-3H3,(H2,15,17). The van der Waals surface area contributed by atoms with Gasteiger partial charge in [0.1, 0.15) is 5.54 Å². The van der Waals surface area contributed by atoms with Gasteiger partial charge >= 0.3 is 0 Å². The number of hydrogen-bond acceptors (Lipinski definition) is 4. The minimum absolute atomic E-state index is 0.183. The molecule has 0 saturated heterocycles. The van der Waals surface area contributed by atoms with Crippen molar-refractivity contribution >= 4 is 5.91 Å². The van der Waals surface area contributed by atoms with Gasteiger partial charge in [0.15, 0.2) is 11.5 Å². The molecule has 5 nitrogen and oxygen atoms in total. The molecule has 0 bridgehead atoms. The first-order valence-corrected chi connectivity index (χ1v) is 6.45. The van der Waals surface area contributed by atoms with Gasteiger partial charge in [-0.3, -0.25) is 10.1 Å². The van der Waals surface area contributed by atoms with Crippen LogP contribution in [0.4, 0.5) is 0 Å². The van der Waals surface area contributed by atoms with Gasteiger partial charge in [-0.25, -0.2) is 0 Å². The summed E-state index contributed by atoms with van der Waals surface area (Å²) in [6.45, 7) is 6.08. The number of nitrogens with two attached hydrogens (primary N) is 1. The van der Waals surface area contributed by atoms with Crippen molar-refractivity contribution in [2.75, 3.05) is 6.79 Å². The Labute approximate surface area is 113 Å². The van der Waals surface area contributed by atoms with Gasteiger partial charge in [-0.15, -0.1) is 0 Å². The van der Waals surface area contributed by atoms with Crippen LogP contribution < -0.4 is 20.5 Å². The summed E-state index contributed by atoms with van der Waals surface area (Å²) >= 11 is 0. The molecule has 2 unspecified atom stereocenters. The Hall–Kier alpha value is -1.75. The summed E-state index contributed by atoms with van der Waals surface area (Å²) in [6.07, 6.45) is 0.910. The van der Waals surface area contributed by atoms with Crippen LogP contribution in [0.15, 0.2) is 18.2 Å². The predicted octanol–water partition coefficient (Wildman–Crippen LogP) is 1.50. The molecule has 3 N–H and O–H groups in total. The Balaban J connectivity index is 2.36. The third-order valence-electron chi connectivity index (χ3n) is 3.59. The fourth-order valence-corrected chi connectivity index (χ4v) is 2.10. The van der Waals surface area contributed by atoms with Gasteiger partial charge in [0.25, 0.3) is 0 Å². The first kappa shape index (κ1) is 13.7. The molecule has 1 aromatic rings. The first-order valence-electron chi connectivity index (χ1n) is 6.45. The number of fused-ring (bicyclic) bond motifs is 1. The van der Waals surface area contributed by atoms with Crippen LogP contribution >= 0.6 is 0 Å². The summed E-state index contributed by atoms with van der Waals surface area (Å²) in [7, 11) is 0. The van der Waals surface area contributed by atoms with Crippen molar-refractivity contribution in [3.8, 4) is 11.5 Å². The van der Waals surface area contributed by atoms with Gasteiger partial charge < -0.3 is 15.2 Å². The third-order valence-corrected chi connectivity index (χ3v) is 3.59. The number of nitrogens with one attached hydrogen (secondary N) is 1. The Kier molecular flexibility index (Phi) is 3.66. The molecule has 1 amide bonds. The van der Waals surface area contributed by atoms with E-state index >= 15 is 0 Å². The average Bonchev–Trinajstić information content (AvgIpc) is 2.85. The molecule has 5 heteroatoms. The average molecular weight is 264 g/mol. The Morgan fingerprint density at radius 3 is 2.79 bits per heavy atom. The summed E-state index contributed by atoms with van der Waals surface area (Å²) in [5.74, 6) is 0.932. The van der Waals surface area contributed by atoms with Gasteiger partial charge in [-0.05, 0) is 38.0 Å².